The zero-order valence-corrected chi connectivity index (χ0v) is 12.9. The van der Waals surface area contributed by atoms with Crippen molar-refractivity contribution in [2.75, 3.05) is 7.11 Å². The molecule has 1 unspecified atom stereocenters. The number of ether oxygens (including phenoxy) is 1. The van der Waals surface area contributed by atoms with E-state index in [0.29, 0.717) is 6.04 Å². The standard InChI is InChI=1S/C18H20ClNO/c1-21-17-5-3-2-4-15(17)12-20-18(13-6-7-13)14-8-10-16(19)11-9-14/h2-5,8-11,13,18,20H,6-7,12H2,1H3. The molecule has 3 rings (SSSR count). The third-order valence-electron chi connectivity index (χ3n) is 4.03. The average molecular weight is 302 g/mol. The van der Waals surface area contributed by atoms with Gasteiger partial charge in [0.15, 0.2) is 0 Å². The largest absolute Gasteiger partial charge is 0.496 e. The zero-order chi connectivity index (χ0) is 14.7. The van der Waals surface area contributed by atoms with E-state index in [-0.39, 0.29) is 0 Å². The fraction of sp³-hybridized carbons (Fsp3) is 0.333. The van der Waals surface area contributed by atoms with Crippen LogP contribution in [-0.2, 0) is 6.54 Å². The topological polar surface area (TPSA) is 21.3 Å². The summed E-state index contributed by atoms with van der Waals surface area (Å²) in [7, 11) is 1.72. The molecular weight excluding hydrogens is 282 g/mol. The van der Waals surface area contributed by atoms with Crippen molar-refractivity contribution in [1.82, 2.24) is 5.32 Å². The van der Waals surface area contributed by atoms with Gasteiger partial charge in [0.25, 0.3) is 0 Å². The van der Waals surface area contributed by atoms with Crippen molar-refractivity contribution in [2.45, 2.75) is 25.4 Å². The van der Waals surface area contributed by atoms with E-state index in [0.717, 1.165) is 23.2 Å². The van der Waals surface area contributed by atoms with Gasteiger partial charge in [0.05, 0.1) is 7.11 Å². The van der Waals surface area contributed by atoms with Crippen molar-refractivity contribution in [3.63, 3.8) is 0 Å². The van der Waals surface area contributed by atoms with Gasteiger partial charge in [0, 0.05) is 23.2 Å². The normalized spacial score (nSPS) is 15.7. The molecule has 2 aromatic carbocycles. The maximum atomic E-state index is 5.99. The second kappa shape index (κ2) is 6.50. The number of methoxy groups -OCH3 is 1. The molecule has 0 amide bonds. The molecule has 1 saturated carbocycles. The summed E-state index contributed by atoms with van der Waals surface area (Å²) in [4.78, 5) is 0. The fourth-order valence-corrected chi connectivity index (χ4v) is 2.85. The first-order valence-corrected chi connectivity index (χ1v) is 7.76. The van der Waals surface area contributed by atoms with Crippen molar-refractivity contribution >= 4 is 11.6 Å². The average Bonchev–Trinajstić information content (AvgIpc) is 3.34. The van der Waals surface area contributed by atoms with Crippen molar-refractivity contribution < 1.29 is 4.74 Å². The quantitative estimate of drug-likeness (QED) is 0.842. The Hall–Kier alpha value is -1.51. The lowest BCUT2D eigenvalue weighted by Crippen LogP contribution is -2.22. The van der Waals surface area contributed by atoms with Gasteiger partial charge in [0.1, 0.15) is 5.75 Å². The van der Waals surface area contributed by atoms with Crippen molar-refractivity contribution in [3.8, 4) is 5.75 Å². The van der Waals surface area contributed by atoms with Crippen LogP contribution in [0.4, 0.5) is 0 Å². The molecule has 1 aliphatic rings. The predicted octanol–water partition coefficient (Wildman–Crippen LogP) is 4.59. The molecular formula is C18H20ClNO. The molecule has 3 heteroatoms. The molecule has 0 aromatic heterocycles. The Morgan fingerprint density at radius 3 is 2.52 bits per heavy atom. The molecule has 1 aliphatic carbocycles. The maximum absolute atomic E-state index is 5.99. The second-order valence-electron chi connectivity index (χ2n) is 5.56. The minimum Gasteiger partial charge on any atom is -0.496 e. The highest BCUT2D eigenvalue weighted by Gasteiger charge is 2.32. The highest BCUT2D eigenvalue weighted by Crippen LogP contribution is 2.41. The summed E-state index contributed by atoms with van der Waals surface area (Å²) in [6, 6.07) is 16.7. The summed E-state index contributed by atoms with van der Waals surface area (Å²) >= 11 is 5.99. The van der Waals surface area contributed by atoms with Crippen LogP contribution in [0, 0.1) is 5.92 Å². The Balaban J connectivity index is 1.72. The number of halogens is 1. The first-order chi connectivity index (χ1) is 10.3. The monoisotopic (exact) mass is 301 g/mol. The minimum atomic E-state index is 0.396. The maximum Gasteiger partial charge on any atom is 0.123 e. The molecule has 0 heterocycles. The third kappa shape index (κ3) is 3.58. The van der Waals surface area contributed by atoms with Crippen LogP contribution in [-0.4, -0.2) is 7.11 Å². The van der Waals surface area contributed by atoms with E-state index in [9.17, 15) is 0 Å². The Labute approximate surface area is 131 Å². The van der Waals surface area contributed by atoms with Crippen molar-refractivity contribution in [3.05, 3.63) is 64.7 Å². The van der Waals surface area contributed by atoms with Crippen LogP contribution < -0.4 is 10.1 Å². The van der Waals surface area contributed by atoms with Gasteiger partial charge in [-0.2, -0.15) is 0 Å². The second-order valence-corrected chi connectivity index (χ2v) is 6.00. The lowest BCUT2D eigenvalue weighted by molar-refractivity contribution is 0.402. The number of rotatable bonds is 6. The van der Waals surface area contributed by atoms with Crippen LogP contribution in [0.25, 0.3) is 0 Å². The van der Waals surface area contributed by atoms with Gasteiger partial charge in [0.2, 0.25) is 0 Å². The Morgan fingerprint density at radius 2 is 1.86 bits per heavy atom. The van der Waals surface area contributed by atoms with Crippen molar-refractivity contribution in [2.24, 2.45) is 5.92 Å². The van der Waals surface area contributed by atoms with E-state index in [1.165, 1.54) is 24.0 Å². The van der Waals surface area contributed by atoms with Gasteiger partial charge in [-0.15, -0.1) is 0 Å². The van der Waals surface area contributed by atoms with Crippen LogP contribution in [0.15, 0.2) is 48.5 Å². The predicted molar refractivity (Wildman–Crippen MR) is 86.8 cm³/mol. The third-order valence-corrected chi connectivity index (χ3v) is 4.28. The molecule has 110 valence electrons. The van der Waals surface area contributed by atoms with Gasteiger partial charge in [-0.25, -0.2) is 0 Å². The molecule has 0 saturated heterocycles. The molecule has 2 nitrogen and oxygen atoms in total. The van der Waals surface area contributed by atoms with Crippen LogP contribution in [0.2, 0.25) is 5.02 Å². The van der Waals surface area contributed by atoms with Gasteiger partial charge in [-0.3, -0.25) is 0 Å². The zero-order valence-electron chi connectivity index (χ0n) is 12.2. The van der Waals surface area contributed by atoms with E-state index in [2.05, 4.69) is 23.5 Å². The Morgan fingerprint density at radius 1 is 1.14 bits per heavy atom. The summed E-state index contributed by atoms with van der Waals surface area (Å²) in [5.74, 6) is 1.68. The van der Waals surface area contributed by atoms with E-state index in [1.54, 1.807) is 7.11 Å². The summed E-state index contributed by atoms with van der Waals surface area (Å²) in [5, 5.41) is 4.48. The molecule has 0 bridgehead atoms. The van der Waals surface area contributed by atoms with Crippen LogP contribution in [0.1, 0.15) is 30.0 Å². The van der Waals surface area contributed by atoms with Crippen LogP contribution in [0.3, 0.4) is 0 Å². The number of hydrogen-bond donors (Lipinski definition) is 1. The first-order valence-electron chi connectivity index (χ1n) is 7.38. The molecule has 1 atom stereocenters. The summed E-state index contributed by atoms with van der Waals surface area (Å²) in [5.41, 5.74) is 2.51. The summed E-state index contributed by atoms with van der Waals surface area (Å²) < 4.78 is 5.42. The summed E-state index contributed by atoms with van der Waals surface area (Å²) in [6.45, 7) is 0.813. The van der Waals surface area contributed by atoms with Gasteiger partial charge >= 0.3 is 0 Å². The van der Waals surface area contributed by atoms with E-state index in [4.69, 9.17) is 16.3 Å². The van der Waals surface area contributed by atoms with Gasteiger partial charge in [-0.1, -0.05) is 41.9 Å². The number of para-hydroxylation sites is 1. The number of benzene rings is 2. The SMILES string of the molecule is COc1ccccc1CNC(c1ccc(Cl)cc1)C1CC1. The van der Waals surface area contributed by atoms with Crippen LogP contribution in [0.5, 0.6) is 5.75 Å². The molecule has 21 heavy (non-hydrogen) atoms. The molecule has 1 fully saturated rings. The Bertz CT molecular complexity index is 592. The van der Waals surface area contributed by atoms with Gasteiger partial charge in [-0.05, 0) is 42.5 Å². The Kier molecular flexibility index (Phi) is 4.47. The van der Waals surface area contributed by atoms with Crippen LogP contribution >= 0.6 is 11.6 Å². The highest BCUT2D eigenvalue weighted by atomic mass is 35.5. The molecule has 2 aromatic rings. The minimum absolute atomic E-state index is 0.396. The molecule has 0 aliphatic heterocycles. The van der Waals surface area contributed by atoms with E-state index < -0.39 is 0 Å². The lowest BCUT2D eigenvalue weighted by Gasteiger charge is -2.20. The first kappa shape index (κ1) is 14.4. The van der Waals surface area contributed by atoms with Gasteiger partial charge < -0.3 is 10.1 Å². The summed E-state index contributed by atoms with van der Waals surface area (Å²) in [6.07, 6.45) is 2.60. The van der Waals surface area contributed by atoms with Crippen molar-refractivity contribution in [1.29, 1.82) is 0 Å². The smallest absolute Gasteiger partial charge is 0.123 e. The lowest BCUT2D eigenvalue weighted by atomic mass is 10.0. The number of hydrogen-bond acceptors (Lipinski definition) is 2. The molecule has 1 N–H and O–H groups in total. The number of nitrogens with one attached hydrogen (secondary N) is 1. The van der Waals surface area contributed by atoms with E-state index in [1.807, 2.05) is 30.3 Å². The molecule has 0 radical (unpaired) electrons. The fourth-order valence-electron chi connectivity index (χ4n) is 2.73. The van der Waals surface area contributed by atoms with E-state index >= 15 is 0 Å². The molecule has 0 spiro atoms. The highest BCUT2D eigenvalue weighted by molar-refractivity contribution is 6.30.